The molecule has 3 rings (SSSR count). The van der Waals surface area contributed by atoms with E-state index in [9.17, 15) is 4.79 Å². The second kappa shape index (κ2) is 8.33. The number of nitrogens with zero attached hydrogens (tertiary/aromatic N) is 2. The first-order chi connectivity index (χ1) is 12.2. The number of amides is 1. The summed E-state index contributed by atoms with van der Waals surface area (Å²) in [4.78, 5) is 18.7. The molecule has 0 saturated carbocycles. The number of benzene rings is 2. The molecule has 0 aliphatic carbocycles. The molecule has 1 saturated heterocycles. The van der Waals surface area contributed by atoms with Crippen molar-refractivity contribution in [3.63, 3.8) is 0 Å². The van der Waals surface area contributed by atoms with Gasteiger partial charge in [0, 0.05) is 25.2 Å². The quantitative estimate of drug-likeness (QED) is 0.650. The standard InChI is InChI=1S/C20H24N4O/c21-20(24-13-4-5-14-24)23-18-10-6-9-17(15-18)22-19(25)12-11-16-7-2-1-3-8-16/h1-3,6-10,15H,4-5,11-14H2,(H2,21,23)(H,22,25). The Balaban J connectivity index is 1.57. The molecular formula is C20H24N4O. The summed E-state index contributed by atoms with van der Waals surface area (Å²) in [6, 6.07) is 17.5. The van der Waals surface area contributed by atoms with Gasteiger partial charge in [-0.2, -0.15) is 0 Å². The Bertz CT molecular complexity index is 736. The Morgan fingerprint density at radius 2 is 1.84 bits per heavy atom. The third-order valence-electron chi connectivity index (χ3n) is 4.29. The van der Waals surface area contributed by atoms with Crippen molar-refractivity contribution in [3.8, 4) is 0 Å². The fourth-order valence-electron chi connectivity index (χ4n) is 2.93. The molecule has 130 valence electrons. The SMILES string of the molecule is NC(=Nc1cccc(NC(=O)CCc2ccccc2)c1)N1CCCC1. The molecule has 1 aliphatic heterocycles. The van der Waals surface area contributed by atoms with E-state index in [1.807, 2.05) is 54.6 Å². The van der Waals surface area contributed by atoms with Gasteiger partial charge in [0.25, 0.3) is 0 Å². The van der Waals surface area contributed by atoms with Crippen LogP contribution in [0.3, 0.4) is 0 Å². The van der Waals surface area contributed by atoms with E-state index in [1.54, 1.807) is 0 Å². The molecule has 0 atom stereocenters. The van der Waals surface area contributed by atoms with E-state index in [1.165, 1.54) is 0 Å². The van der Waals surface area contributed by atoms with E-state index < -0.39 is 0 Å². The van der Waals surface area contributed by atoms with E-state index in [-0.39, 0.29) is 5.91 Å². The van der Waals surface area contributed by atoms with Gasteiger partial charge in [-0.15, -0.1) is 0 Å². The molecule has 2 aromatic rings. The second-order valence-corrected chi connectivity index (χ2v) is 6.25. The average Bonchev–Trinajstić information content (AvgIpc) is 3.16. The number of likely N-dealkylation sites (tertiary alicyclic amines) is 1. The lowest BCUT2D eigenvalue weighted by molar-refractivity contribution is -0.116. The first-order valence-electron chi connectivity index (χ1n) is 8.74. The van der Waals surface area contributed by atoms with E-state index in [0.29, 0.717) is 12.4 Å². The van der Waals surface area contributed by atoms with E-state index in [0.717, 1.165) is 49.3 Å². The summed E-state index contributed by atoms with van der Waals surface area (Å²) < 4.78 is 0. The first kappa shape index (κ1) is 17.0. The fraction of sp³-hybridized carbons (Fsp3) is 0.300. The molecule has 5 nitrogen and oxygen atoms in total. The number of carbonyl (C=O) groups excluding carboxylic acids is 1. The Labute approximate surface area is 148 Å². The van der Waals surface area contributed by atoms with Gasteiger partial charge in [0.05, 0.1) is 5.69 Å². The molecule has 25 heavy (non-hydrogen) atoms. The number of aryl methyl sites for hydroxylation is 1. The lowest BCUT2D eigenvalue weighted by atomic mass is 10.1. The summed E-state index contributed by atoms with van der Waals surface area (Å²) in [5.74, 6) is 0.544. The van der Waals surface area contributed by atoms with Crippen LogP contribution in [0.2, 0.25) is 0 Å². The third kappa shape index (κ3) is 5.08. The minimum Gasteiger partial charge on any atom is -0.369 e. The van der Waals surface area contributed by atoms with Crippen molar-refractivity contribution in [2.75, 3.05) is 18.4 Å². The summed E-state index contributed by atoms with van der Waals surface area (Å²) >= 11 is 0. The Kier molecular flexibility index (Phi) is 5.67. The number of nitrogens with one attached hydrogen (secondary N) is 1. The van der Waals surface area contributed by atoms with Gasteiger partial charge in [-0.1, -0.05) is 36.4 Å². The van der Waals surface area contributed by atoms with Gasteiger partial charge in [-0.3, -0.25) is 4.79 Å². The topological polar surface area (TPSA) is 70.7 Å². The Hall–Kier alpha value is -2.82. The molecule has 2 aromatic carbocycles. The molecule has 0 aromatic heterocycles. The normalized spacial score (nSPS) is 14.6. The van der Waals surface area contributed by atoms with Gasteiger partial charge in [-0.25, -0.2) is 4.99 Å². The first-order valence-corrected chi connectivity index (χ1v) is 8.74. The molecule has 0 unspecified atom stereocenters. The van der Waals surface area contributed by atoms with Crippen LogP contribution in [0.4, 0.5) is 11.4 Å². The third-order valence-corrected chi connectivity index (χ3v) is 4.29. The predicted octanol–water partition coefficient (Wildman–Crippen LogP) is 3.30. The number of hydrogen-bond donors (Lipinski definition) is 2. The molecule has 0 bridgehead atoms. The van der Waals surface area contributed by atoms with Gasteiger partial charge in [0.1, 0.15) is 0 Å². The molecule has 5 heteroatoms. The average molecular weight is 336 g/mol. The van der Waals surface area contributed by atoms with Crippen molar-refractivity contribution in [2.24, 2.45) is 10.7 Å². The van der Waals surface area contributed by atoms with Gasteiger partial charge in [0.2, 0.25) is 5.91 Å². The predicted molar refractivity (Wildman–Crippen MR) is 102 cm³/mol. The highest BCUT2D eigenvalue weighted by Gasteiger charge is 2.13. The van der Waals surface area contributed by atoms with Crippen LogP contribution in [0.1, 0.15) is 24.8 Å². The van der Waals surface area contributed by atoms with Crippen LogP contribution in [0, 0.1) is 0 Å². The van der Waals surface area contributed by atoms with Crippen LogP contribution in [0.15, 0.2) is 59.6 Å². The number of rotatable bonds is 5. The van der Waals surface area contributed by atoms with Crippen molar-refractivity contribution >= 4 is 23.2 Å². The van der Waals surface area contributed by atoms with Crippen molar-refractivity contribution in [1.82, 2.24) is 4.90 Å². The Morgan fingerprint density at radius 1 is 1.08 bits per heavy atom. The zero-order chi connectivity index (χ0) is 17.5. The van der Waals surface area contributed by atoms with Crippen LogP contribution < -0.4 is 11.1 Å². The summed E-state index contributed by atoms with van der Waals surface area (Å²) in [7, 11) is 0. The molecule has 1 heterocycles. The molecule has 1 fully saturated rings. The fourth-order valence-corrected chi connectivity index (χ4v) is 2.93. The zero-order valence-electron chi connectivity index (χ0n) is 14.3. The van der Waals surface area contributed by atoms with Crippen LogP contribution >= 0.6 is 0 Å². The molecule has 0 radical (unpaired) electrons. The summed E-state index contributed by atoms with van der Waals surface area (Å²) in [5, 5.41) is 2.93. The molecule has 0 spiro atoms. The zero-order valence-corrected chi connectivity index (χ0v) is 14.3. The van der Waals surface area contributed by atoms with Gasteiger partial charge in [-0.05, 0) is 43.0 Å². The van der Waals surface area contributed by atoms with Crippen LogP contribution in [-0.2, 0) is 11.2 Å². The molecule has 1 amide bonds. The van der Waals surface area contributed by atoms with Crippen LogP contribution in [-0.4, -0.2) is 29.9 Å². The monoisotopic (exact) mass is 336 g/mol. The molecule has 3 N–H and O–H groups in total. The highest BCUT2D eigenvalue weighted by atomic mass is 16.1. The lowest BCUT2D eigenvalue weighted by Gasteiger charge is -2.15. The molecular weight excluding hydrogens is 312 g/mol. The van der Waals surface area contributed by atoms with E-state index in [4.69, 9.17) is 5.73 Å². The summed E-state index contributed by atoms with van der Waals surface area (Å²) in [6.07, 6.45) is 3.50. The highest BCUT2D eigenvalue weighted by molar-refractivity contribution is 5.91. The van der Waals surface area contributed by atoms with Gasteiger partial charge < -0.3 is 16.0 Å². The van der Waals surface area contributed by atoms with Crippen molar-refractivity contribution in [3.05, 3.63) is 60.2 Å². The number of aliphatic imine (C=N–C) groups is 1. The largest absolute Gasteiger partial charge is 0.369 e. The number of anilines is 1. The van der Waals surface area contributed by atoms with Crippen LogP contribution in [0.25, 0.3) is 0 Å². The second-order valence-electron chi connectivity index (χ2n) is 6.25. The number of hydrogen-bond acceptors (Lipinski definition) is 2. The maximum absolute atomic E-state index is 12.1. The minimum absolute atomic E-state index is 0.00232. The summed E-state index contributed by atoms with van der Waals surface area (Å²) in [5.41, 5.74) is 8.72. The lowest BCUT2D eigenvalue weighted by Crippen LogP contribution is -2.34. The smallest absolute Gasteiger partial charge is 0.224 e. The van der Waals surface area contributed by atoms with Crippen molar-refractivity contribution in [1.29, 1.82) is 0 Å². The van der Waals surface area contributed by atoms with E-state index >= 15 is 0 Å². The number of guanidine groups is 1. The van der Waals surface area contributed by atoms with Crippen molar-refractivity contribution in [2.45, 2.75) is 25.7 Å². The van der Waals surface area contributed by atoms with Crippen molar-refractivity contribution < 1.29 is 4.79 Å². The maximum atomic E-state index is 12.1. The Morgan fingerprint density at radius 3 is 2.60 bits per heavy atom. The van der Waals surface area contributed by atoms with Gasteiger partial charge in [0.15, 0.2) is 5.96 Å². The van der Waals surface area contributed by atoms with E-state index in [2.05, 4.69) is 15.2 Å². The minimum atomic E-state index is -0.00232. The maximum Gasteiger partial charge on any atom is 0.224 e. The van der Waals surface area contributed by atoms with Crippen LogP contribution in [0.5, 0.6) is 0 Å². The molecule has 1 aliphatic rings. The number of carbonyl (C=O) groups is 1. The highest BCUT2D eigenvalue weighted by Crippen LogP contribution is 2.19. The van der Waals surface area contributed by atoms with Gasteiger partial charge >= 0.3 is 0 Å². The summed E-state index contributed by atoms with van der Waals surface area (Å²) in [6.45, 7) is 1.93. The number of nitrogens with two attached hydrogens (primary N) is 1.